The van der Waals surface area contributed by atoms with Gasteiger partial charge in [0.2, 0.25) is 0 Å². The van der Waals surface area contributed by atoms with Gasteiger partial charge < -0.3 is 10.1 Å². The minimum Gasteiger partial charge on any atom is -0.449 e. The molecule has 0 fully saturated rings. The van der Waals surface area contributed by atoms with Crippen molar-refractivity contribution < 1.29 is 14.3 Å². The standard InChI is InChI=1S/C15H12Cl2N2O3/c1-9(22-15(21)10-5-7-18-8-6-10)14(20)19-12-4-2-3-11(16)13(12)17/h2-9H,1H3,(H,19,20)/t9-/m0/s1. The molecule has 1 N–H and O–H groups in total. The molecule has 0 aliphatic rings. The second-order valence-corrected chi connectivity index (χ2v) is 5.16. The van der Waals surface area contributed by atoms with Crippen LogP contribution in [-0.2, 0) is 9.53 Å². The number of anilines is 1. The van der Waals surface area contributed by atoms with E-state index in [1.54, 1.807) is 18.2 Å². The van der Waals surface area contributed by atoms with Crippen molar-refractivity contribution in [1.29, 1.82) is 0 Å². The summed E-state index contributed by atoms with van der Waals surface area (Å²) in [6, 6.07) is 7.86. The van der Waals surface area contributed by atoms with E-state index in [1.165, 1.54) is 31.5 Å². The Balaban J connectivity index is 2.01. The van der Waals surface area contributed by atoms with E-state index < -0.39 is 18.0 Å². The number of aromatic nitrogens is 1. The van der Waals surface area contributed by atoms with Crippen LogP contribution in [0.25, 0.3) is 0 Å². The van der Waals surface area contributed by atoms with E-state index in [1.807, 2.05) is 0 Å². The maximum atomic E-state index is 12.0. The predicted octanol–water partition coefficient (Wildman–Crippen LogP) is 3.57. The molecule has 2 aromatic rings. The Morgan fingerprint density at radius 1 is 1.18 bits per heavy atom. The summed E-state index contributed by atoms with van der Waals surface area (Å²) in [5.74, 6) is -1.12. The van der Waals surface area contributed by atoms with Gasteiger partial charge in [0.15, 0.2) is 6.10 Å². The van der Waals surface area contributed by atoms with Gasteiger partial charge in [0.25, 0.3) is 5.91 Å². The molecule has 2 rings (SSSR count). The van der Waals surface area contributed by atoms with Crippen LogP contribution >= 0.6 is 23.2 Å². The van der Waals surface area contributed by atoms with Gasteiger partial charge in [-0.15, -0.1) is 0 Å². The summed E-state index contributed by atoms with van der Waals surface area (Å²) in [5.41, 5.74) is 0.668. The average molecular weight is 339 g/mol. The zero-order valence-electron chi connectivity index (χ0n) is 11.5. The average Bonchev–Trinajstić information content (AvgIpc) is 2.52. The van der Waals surface area contributed by atoms with Gasteiger partial charge in [0.05, 0.1) is 21.3 Å². The first-order chi connectivity index (χ1) is 10.5. The van der Waals surface area contributed by atoms with Gasteiger partial charge in [-0.05, 0) is 31.2 Å². The Morgan fingerprint density at radius 3 is 2.55 bits per heavy atom. The van der Waals surface area contributed by atoms with E-state index in [0.29, 0.717) is 16.3 Å². The largest absolute Gasteiger partial charge is 0.449 e. The van der Waals surface area contributed by atoms with Crippen molar-refractivity contribution in [1.82, 2.24) is 4.98 Å². The van der Waals surface area contributed by atoms with Crippen molar-refractivity contribution in [3.8, 4) is 0 Å². The van der Waals surface area contributed by atoms with Gasteiger partial charge in [-0.1, -0.05) is 29.3 Å². The fourth-order valence-corrected chi connectivity index (χ4v) is 1.95. The van der Waals surface area contributed by atoms with Crippen LogP contribution in [0, 0.1) is 0 Å². The Labute approximate surface area is 137 Å². The Hall–Kier alpha value is -2.11. The van der Waals surface area contributed by atoms with E-state index in [-0.39, 0.29) is 5.02 Å². The number of halogens is 2. The van der Waals surface area contributed by atoms with Crippen molar-refractivity contribution in [3.63, 3.8) is 0 Å². The van der Waals surface area contributed by atoms with Crippen LogP contribution in [0.2, 0.25) is 10.0 Å². The number of hydrogen-bond acceptors (Lipinski definition) is 4. The number of esters is 1. The third kappa shape index (κ3) is 3.96. The molecule has 0 aliphatic heterocycles. The van der Waals surface area contributed by atoms with E-state index in [4.69, 9.17) is 27.9 Å². The van der Waals surface area contributed by atoms with Crippen LogP contribution in [-0.4, -0.2) is 23.0 Å². The summed E-state index contributed by atoms with van der Waals surface area (Å²) in [7, 11) is 0. The van der Waals surface area contributed by atoms with Crippen molar-refractivity contribution >= 4 is 40.8 Å². The van der Waals surface area contributed by atoms with E-state index in [0.717, 1.165) is 0 Å². The van der Waals surface area contributed by atoms with Crippen LogP contribution in [0.1, 0.15) is 17.3 Å². The molecule has 1 amide bonds. The molecule has 114 valence electrons. The smallest absolute Gasteiger partial charge is 0.339 e. The lowest BCUT2D eigenvalue weighted by atomic mass is 10.2. The highest BCUT2D eigenvalue weighted by atomic mass is 35.5. The molecule has 0 bridgehead atoms. The fraction of sp³-hybridized carbons (Fsp3) is 0.133. The molecule has 0 saturated carbocycles. The maximum absolute atomic E-state index is 12.0. The second-order valence-electron chi connectivity index (χ2n) is 4.37. The van der Waals surface area contributed by atoms with Gasteiger partial charge in [-0.3, -0.25) is 9.78 Å². The minimum absolute atomic E-state index is 0.227. The summed E-state index contributed by atoms with van der Waals surface area (Å²) in [5, 5.41) is 3.11. The monoisotopic (exact) mass is 338 g/mol. The minimum atomic E-state index is -0.990. The SMILES string of the molecule is C[C@H](OC(=O)c1ccncc1)C(=O)Nc1cccc(Cl)c1Cl. The first-order valence-corrected chi connectivity index (χ1v) is 7.10. The number of amides is 1. The zero-order valence-corrected chi connectivity index (χ0v) is 13.1. The van der Waals surface area contributed by atoms with Gasteiger partial charge in [0, 0.05) is 12.4 Å². The lowest BCUT2D eigenvalue weighted by Crippen LogP contribution is -2.30. The summed E-state index contributed by atoms with van der Waals surface area (Å²) in [6.45, 7) is 1.47. The van der Waals surface area contributed by atoms with Crippen molar-refractivity contribution in [3.05, 3.63) is 58.3 Å². The van der Waals surface area contributed by atoms with Crippen LogP contribution in [0.4, 0.5) is 5.69 Å². The van der Waals surface area contributed by atoms with Crippen molar-refractivity contribution in [2.45, 2.75) is 13.0 Å². The third-order valence-electron chi connectivity index (χ3n) is 2.78. The van der Waals surface area contributed by atoms with Gasteiger partial charge in [-0.2, -0.15) is 0 Å². The molecular weight excluding hydrogens is 327 g/mol. The van der Waals surface area contributed by atoms with Crippen LogP contribution < -0.4 is 5.32 Å². The molecule has 0 radical (unpaired) electrons. The van der Waals surface area contributed by atoms with Crippen molar-refractivity contribution in [2.24, 2.45) is 0 Å². The predicted molar refractivity (Wildman–Crippen MR) is 84.2 cm³/mol. The van der Waals surface area contributed by atoms with Crippen LogP contribution in [0.15, 0.2) is 42.7 Å². The summed E-state index contributed by atoms with van der Waals surface area (Å²) < 4.78 is 5.09. The number of nitrogens with zero attached hydrogens (tertiary/aromatic N) is 1. The molecule has 5 nitrogen and oxygen atoms in total. The Morgan fingerprint density at radius 2 is 1.86 bits per heavy atom. The quantitative estimate of drug-likeness (QED) is 0.865. The zero-order chi connectivity index (χ0) is 16.1. The number of pyridine rings is 1. The normalized spacial score (nSPS) is 11.6. The highest BCUT2D eigenvalue weighted by molar-refractivity contribution is 6.44. The molecule has 1 aromatic carbocycles. The number of nitrogens with one attached hydrogen (secondary N) is 1. The number of ether oxygens (including phenoxy) is 1. The summed E-state index contributed by atoms with van der Waals surface area (Å²) >= 11 is 11.8. The molecule has 0 aliphatic carbocycles. The molecule has 0 spiro atoms. The van der Waals surface area contributed by atoms with E-state index in [9.17, 15) is 9.59 Å². The molecular formula is C15H12Cl2N2O3. The molecule has 0 unspecified atom stereocenters. The molecule has 1 heterocycles. The third-order valence-corrected chi connectivity index (χ3v) is 3.60. The van der Waals surface area contributed by atoms with Crippen LogP contribution in [0.5, 0.6) is 0 Å². The fourth-order valence-electron chi connectivity index (χ4n) is 1.60. The highest BCUT2D eigenvalue weighted by Gasteiger charge is 2.20. The van der Waals surface area contributed by atoms with Gasteiger partial charge in [-0.25, -0.2) is 4.79 Å². The first-order valence-electron chi connectivity index (χ1n) is 6.35. The summed E-state index contributed by atoms with van der Waals surface area (Å²) in [6.07, 6.45) is 1.94. The number of hydrogen-bond donors (Lipinski definition) is 1. The van der Waals surface area contributed by atoms with Gasteiger partial charge >= 0.3 is 5.97 Å². The van der Waals surface area contributed by atoms with Crippen molar-refractivity contribution in [2.75, 3.05) is 5.32 Å². The highest BCUT2D eigenvalue weighted by Crippen LogP contribution is 2.29. The lowest BCUT2D eigenvalue weighted by molar-refractivity contribution is -0.123. The summed E-state index contributed by atoms with van der Waals surface area (Å²) in [4.78, 5) is 27.7. The van der Waals surface area contributed by atoms with Crippen LogP contribution in [0.3, 0.4) is 0 Å². The molecule has 0 saturated heterocycles. The van der Waals surface area contributed by atoms with E-state index in [2.05, 4.69) is 10.3 Å². The number of rotatable bonds is 4. The molecule has 1 atom stereocenters. The first kappa shape index (κ1) is 16.3. The topological polar surface area (TPSA) is 68.3 Å². The number of carbonyl (C=O) groups excluding carboxylic acids is 2. The molecule has 1 aromatic heterocycles. The molecule has 22 heavy (non-hydrogen) atoms. The second kappa shape index (κ2) is 7.24. The number of carbonyl (C=O) groups is 2. The Bertz CT molecular complexity index is 692. The van der Waals surface area contributed by atoms with E-state index >= 15 is 0 Å². The number of benzene rings is 1. The molecule has 7 heteroatoms. The lowest BCUT2D eigenvalue weighted by Gasteiger charge is -2.14. The Kier molecular flexibility index (Phi) is 5.35. The maximum Gasteiger partial charge on any atom is 0.339 e. The van der Waals surface area contributed by atoms with Gasteiger partial charge in [0.1, 0.15) is 0 Å².